The Kier molecular flexibility index (Phi) is 8.03. The van der Waals surface area contributed by atoms with E-state index in [-0.39, 0.29) is 19.0 Å². The van der Waals surface area contributed by atoms with Crippen LogP contribution in [0.1, 0.15) is 26.7 Å². The molecular formula is C13H21ClFN3O5S. The Morgan fingerprint density at radius 2 is 1.92 bits per heavy atom. The maximum atomic E-state index is 13.9. The van der Waals surface area contributed by atoms with Crippen molar-refractivity contribution in [1.82, 2.24) is 4.72 Å². The van der Waals surface area contributed by atoms with Crippen molar-refractivity contribution in [2.24, 2.45) is 5.73 Å². The molecule has 0 fully saturated rings. The smallest absolute Gasteiger partial charge is 0.315 e. The van der Waals surface area contributed by atoms with Crippen LogP contribution >= 0.6 is 12.4 Å². The molecule has 1 aromatic rings. The van der Waals surface area contributed by atoms with Gasteiger partial charge in [0.15, 0.2) is 5.82 Å². The number of benzene rings is 1. The summed E-state index contributed by atoms with van der Waals surface area (Å²) in [5.41, 5.74) is 4.49. The van der Waals surface area contributed by atoms with Crippen LogP contribution in [0, 0.1) is 15.9 Å². The summed E-state index contributed by atoms with van der Waals surface area (Å²) in [6.45, 7) is 3.56. The highest BCUT2D eigenvalue weighted by molar-refractivity contribution is 7.89. The van der Waals surface area contributed by atoms with E-state index in [9.17, 15) is 22.9 Å². The molecular weight excluding hydrogens is 365 g/mol. The molecule has 0 radical (unpaired) electrons. The summed E-state index contributed by atoms with van der Waals surface area (Å²) in [4.78, 5) is 9.48. The third-order valence-corrected chi connectivity index (χ3v) is 5.11. The fourth-order valence-corrected chi connectivity index (χ4v) is 3.04. The number of nitro groups is 1. The normalized spacial score (nSPS) is 11.7. The topological polar surface area (TPSA) is 125 Å². The third kappa shape index (κ3) is 5.00. The van der Waals surface area contributed by atoms with E-state index >= 15 is 0 Å². The molecule has 0 bridgehead atoms. The second-order valence-electron chi connectivity index (χ2n) is 5.11. The van der Waals surface area contributed by atoms with Crippen LogP contribution in [0.5, 0.6) is 5.75 Å². The van der Waals surface area contributed by atoms with Crippen LogP contribution in [0.2, 0.25) is 0 Å². The number of halogens is 2. The molecule has 0 aliphatic carbocycles. The molecule has 138 valence electrons. The summed E-state index contributed by atoms with van der Waals surface area (Å²) in [6, 6.07) is 1.42. The number of rotatable bonds is 8. The molecule has 0 atom stereocenters. The maximum Gasteiger partial charge on any atom is 0.315 e. The summed E-state index contributed by atoms with van der Waals surface area (Å²) >= 11 is 0. The van der Waals surface area contributed by atoms with E-state index in [1.54, 1.807) is 0 Å². The van der Waals surface area contributed by atoms with Gasteiger partial charge in [-0.15, -0.1) is 12.4 Å². The highest BCUT2D eigenvalue weighted by atomic mass is 35.5. The van der Waals surface area contributed by atoms with Gasteiger partial charge in [0.1, 0.15) is 0 Å². The SMILES string of the molecule is CCC(N)(CC)CNS(=O)(=O)c1cc(F)c(OC)c([N+](=O)[O-])c1.Cl. The molecule has 0 aliphatic rings. The van der Waals surface area contributed by atoms with Gasteiger partial charge >= 0.3 is 5.69 Å². The van der Waals surface area contributed by atoms with E-state index in [1.807, 2.05) is 13.8 Å². The van der Waals surface area contributed by atoms with Gasteiger partial charge in [0.05, 0.1) is 16.9 Å². The van der Waals surface area contributed by atoms with E-state index in [0.717, 1.165) is 13.2 Å². The standard InChI is InChI=1S/C13H20FN3O5S.ClH/c1-4-13(15,5-2)8-16-23(20,21)9-6-10(14)12(22-3)11(7-9)17(18)19;/h6-7,16H,4-5,8,15H2,1-3H3;1H. The van der Waals surface area contributed by atoms with E-state index in [4.69, 9.17) is 5.73 Å². The van der Waals surface area contributed by atoms with Crippen molar-refractivity contribution in [3.63, 3.8) is 0 Å². The summed E-state index contributed by atoms with van der Waals surface area (Å²) in [6.07, 6.45) is 1.06. The number of sulfonamides is 1. The Balaban J connectivity index is 0.00000529. The number of nitrogens with zero attached hydrogens (tertiary/aromatic N) is 1. The Hall–Kier alpha value is -1.49. The van der Waals surface area contributed by atoms with Crippen molar-refractivity contribution < 1.29 is 22.5 Å². The minimum Gasteiger partial charge on any atom is -0.488 e. The first-order valence-electron chi connectivity index (χ1n) is 6.90. The first kappa shape index (κ1) is 22.5. The average molecular weight is 386 g/mol. The van der Waals surface area contributed by atoms with Crippen LogP contribution < -0.4 is 15.2 Å². The highest BCUT2D eigenvalue weighted by Crippen LogP contribution is 2.32. The Bertz CT molecular complexity index is 695. The zero-order valence-electron chi connectivity index (χ0n) is 13.5. The minimum atomic E-state index is -4.15. The van der Waals surface area contributed by atoms with Gasteiger partial charge in [0.2, 0.25) is 15.8 Å². The quantitative estimate of drug-likeness (QED) is 0.520. The first-order valence-corrected chi connectivity index (χ1v) is 8.39. The Morgan fingerprint density at radius 1 is 1.38 bits per heavy atom. The Morgan fingerprint density at radius 3 is 2.33 bits per heavy atom. The van der Waals surface area contributed by atoms with Crippen LogP contribution in [0.25, 0.3) is 0 Å². The lowest BCUT2D eigenvalue weighted by Crippen LogP contribution is -2.49. The van der Waals surface area contributed by atoms with Crippen LogP contribution in [0.3, 0.4) is 0 Å². The van der Waals surface area contributed by atoms with Crippen molar-refractivity contribution in [1.29, 1.82) is 0 Å². The van der Waals surface area contributed by atoms with Crippen molar-refractivity contribution in [2.45, 2.75) is 37.1 Å². The van der Waals surface area contributed by atoms with Gasteiger partial charge in [-0.05, 0) is 18.9 Å². The van der Waals surface area contributed by atoms with Crippen LogP contribution in [-0.2, 0) is 10.0 Å². The van der Waals surface area contributed by atoms with Crippen LogP contribution in [0.4, 0.5) is 10.1 Å². The van der Waals surface area contributed by atoms with Crippen molar-refractivity contribution >= 4 is 28.1 Å². The number of nitro benzene ring substituents is 1. The van der Waals surface area contributed by atoms with Crippen molar-refractivity contribution in [2.75, 3.05) is 13.7 Å². The molecule has 0 amide bonds. The lowest BCUT2D eigenvalue weighted by Gasteiger charge is -2.26. The van der Waals surface area contributed by atoms with Gasteiger partial charge in [-0.25, -0.2) is 17.5 Å². The predicted octanol–water partition coefficient (Wildman–Crippen LogP) is 1.96. The molecule has 11 heteroatoms. The molecule has 24 heavy (non-hydrogen) atoms. The van der Waals surface area contributed by atoms with Crippen molar-refractivity contribution in [3.05, 3.63) is 28.1 Å². The van der Waals surface area contributed by atoms with Gasteiger partial charge in [-0.2, -0.15) is 0 Å². The summed E-state index contributed by atoms with van der Waals surface area (Å²) in [5, 5.41) is 10.9. The fraction of sp³-hybridized carbons (Fsp3) is 0.538. The molecule has 0 saturated carbocycles. The van der Waals surface area contributed by atoms with E-state index in [2.05, 4.69) is 9.46 Å². The average Bonchev–Trinajstić information content (AvgIpc) is 2.51. The highest BCUT2D eigenvalue weighted by Gasteiger charge is 2.28. The van der Waals surface area contributed by atoms with Gasteiger partial charge in [-0.1, -0.05) is 13.8 Å². The zero-order valence-corrected chi connectivity index (χ0v) is 15.2. The molecule has 0 unspecified atom stereocenters. The van der Waals surface area contributed by atoms with E-state index in [0.29, 0.717) is 18.9 Å². The molecule has 1 rings (SSSR count). The van der Waals surface area contributed by atoms with Gasteiger partial charge in [0, 0.05) is 18.2 Å². The third-order valence-electron chi connectivity index (χ3n) is 3.73. The minimum absolute atomic E-state index is 0. The van der Waals surface area contributed by atoms with Crippen LogP contribution in [-0.4, -0.2) is 32.5 Å². The maximum absolute atomic E-state index is 13.9. The molecule has 1 aromatic carbocycles. The number of methoxy groups -OCH3 is 1. The molecule has 0 spiro atoms. The molecule has 0 aliphatic heterocycles. The number of nitrogens with one attached hydrogen (secondary N) is 1. The molecule has 0 saturated heterocycles. The Labute approximate surface area is 146 Å². The number of nitrogens with two attached hydrogens (primary N) is 1. The summed E-state index contributed by atoms with van der Waals surface area (Å²) < 4.78 is 45.2. The first-order chi connectivity index (χ1) is 10.6. The summed E-state index contributed by atoms with van der Waals surface area (Å²) in [5.74, 6) is -1.75. The van der Waals surface area contributed by atoms with E-state index < -0.39 is 42.6 Å². The molecule has 8 nitrogen and oxygen atoms in total. The van der Waals surface area contributed by atoms with Crippen LogP contribution in [0.15, 0.2) is 17.0 Å². The molecule has 3 N–H and O–H groups in total. The molecule has 0 heterocycles. The van der Waals surface area contributed by atoms with Gasteiger partial charge in [-0.3, -0.25) is 10.1 Å². The monoisotopic (exact) mass is 385 g/mol. The molecule has 0 aromatic heterocycles. The number of hydrogen-bond donors (Lipinski definition) is 2. The lowest BCUT2D eigenvalue weighted by atomic mass is 9.95. The number of ether oxygens (including phenoxy) is 1. The van der Waals surface area contributed by atoms with Gasteiger partial charge < -0.3 is 10.5 Å². The zero-order chi connectivity index (χ0) is 17.8. The fourth-order valence-electron chi connectivity index (χ4n) is 1.87. The second kappa shape index (κ2) is 8.56. The van der Waals surface area contributed by atoms with Crippen molar-refractivity contribution in [3.8, 4) is 5.75 Å². The predicted molar refractivity (Wildman–Crippen MR) is 89.5 cm³/mol. The largest absolute Gasteiger partial charge is 0.488 e. The number of hydrogen-bond acceptors (Lipinski definition) is 6. The van der Waals surface area contributed by atoms with E-state index in [1.165, 1.54) is 0 Å². The van der Waals surface area contributed by atoms with Gasteiger partial charge in [0.25, 0.3) is 0 Å². The summed E-state index contributed by atoms with van der Waals surface area (Å²) in [7, 11) is -3.09. The second-order valence-corrected chi connectivity index (χ2v) is 6.88. The lowest BCUT2D eigenvalue weighted by molar-refractivity contribution is -0.386.